The molecule has 2 amide bonds. The lowest BCUT2D eigenvalue weighted by Crippen LogP contribution is -2.48. The topological polar surface area (TPSA) is 131 Å². The van der Waals surface area contributed by atoms with Crippen LogP contribution < -0.4 is 10.6 Å². The number of carbonyl (C=O) groups is 4. The van der Waals surface area contributed by atoms with Gasteiger partial charge in [-0.25, -0.2) is 4.39 Å². The number of halogens is 2. The zero-order chi connectivity index (χ0) is 23.1. The van der Waals surface area contributed by atoms with Gasteiger partial charge in [0.25, 0.3) is 5.91 Å². The van der Waals surface area contributed by atoms with Gasteiger partial charge >= 0.3 is 19.1 Å². The van der Waals surface area contributed by atoms with Crippen molar-refractivity contribution in [3.05, 3.63) is 34.1 Å². The molecule has 0 saturated carbocycles. The number of aliphatic carboxylic acids is 1. The van der Waals surface area contributed by atoms with Crippen LogP contribution in [-0.4, -0.2) is 54.6 Å². The molecule has 31 heavy (non-hydrogen) atoms. The zero-order valence-corrected chi connectivity index (χ0v) is 18.6. The third-order valence-corrected chi connectivity index (χ3v) is 4.86. The van der Waals surface area contributed by atoms with Crippen LogP contribution in [0.25, 0.3) is 0 Å². The summed E-state index contributed by atoms with van der Waals surface area (Å²) in [6.07, 6.45) is -1.45. The van der Waals surface area contributed by atoms with Crippen LogP contribution in [0.3, 0.4) is 0 Å². The van der Waals surface area contributed by atoms with Gasteiger partial charge in [0.05, 0.1) is 17.9 Å². The van der Waals surface area contributed by atoms with E-state index in [1.165, 1.54) is 12.1 Å². The summed E-state index contributed by atoms with van der Waals surface area (Å²) in [5, 5.41) is 14.0. The Morgan fingerprint density at radius 1 is 1.32 bits per heavy atom. The lowest BCUT2D eigenvalue weighted by Gasteiger charge is -2.21. The van der Waals surface area contributed by atoms with Crippen LogP contribution in [-0.2, 0) is 23.7 Å². The van der Waals surface area contributed by atoms with Crippen LogP contribution in [0.4, 0.5) is 4.39 Å². The zero-order valence-electron chi connectivity index (χ0n) is 17.0. The smallest absolute Gasteiger partial charge is 0.506 e. The average Bonchev–Trinajstić information content (AvgIpc) is 3.02. The highest BCUT2D eigenvalue weighted by Gasteiger charge is 2.46. The van der Waals surface area contributed by atoms with Gasteiger partial charge in [0.2, 0.25) is 5.91 Å². The van der Waals surface area contributed by atoms with E-state index in [-0.39, 0.29) is 24.4 Å². The fourth-order valence-electron chi connectivity index (χ4n) is 2.98. The molecule has 0 bridgehead atoms. The van der Waals surface area contributed by atoms with E-state index in [2.05, 4.69) is 26.6 Å². The molecule has 168 valence electrons. The van der Waals surface area contributed by atoms with Gasteiger partial charge in [-0.05, 0) is 30.5 Å². The molecule has 0 aromatic heterocycles. The summed E-state index contributed by atoms with van der Waals surface area (Å²) in [6, 6.07) is 3.96. The quantitative estimate of drug-likeness (QED) is 0.416. The third kappa shape index (κ3) is 7.62. The molecule has 2 atom stereocenters. The molecule has 1 heterocycles. The highest BCUT2D eigenvalue weighted by molar-refractivity contribution is 9.10. The molecule has 1 aromatic carbocycles. The first kappa shape index (κ1) is 24.8. The average molecular weight is 501 g/mol. The molecule has 1 fully saturated rings. The maximum absolute atomic E-state index is 13.8. The van der Waals surface area contributed by atoms with Crippen molar-refractivity contribution in [1.82, 2.24) is 10.6 Å². The Bertz CT molecular complexity index is 855. The number of carboxylic acids is 1. The molecule has 1 aliphatic heterocycles. The Labute approximate surface area is 187 Å². The standard InChI is InChI=1S/C19H23BBrFN2O7/c1-10(2)7-15(20-30-14(9-17(26)27)19(29)31-20)24-16(25)5-6-23-18(28)12-8-11(21)3-4-13(12)22/h3-4,8,10,14-15H,5-7,9H2,1-2H3,(H,23,28)(H,24,25)(H,26,27)/t14-,15+/m1/s1. The van der Waals surface area contributed by atoms with Crippen LogP contribution in [0.5, 0.6) is 0 Å². The molecule has 9 nitrogen and oxygen atoms in total. The molecule has 12 heteroatoms. The maximum atomic E-state index is 13.8. The Kier molecular flexibility index (Phi) is 8.99. The van der Waals surface area contributed by atoms with Crippen LogP contribution in [0, 0.1) is 11.7 Å². The van der Waals surface area contributed by atoms with Crippen LogP contribution >= 0.6 is 15.9 Å². The third-order valence-electron chi connectivity index (χ3n) is 4.36. The van der Waals surface area contributed by atoms with Crippen molar-refractivity contribution in [2.24, 2.45) is 5.92 Å². The predicted octanol–water partition coefficient (Wildman–Crippen LogP) is 1.68. The van der Waals surface area contributed by atoms with Crippen LogP contribution in [0.1, 0.15) is 43.5 Å². The molecule has 3 N–H and O–H groups in total. The summed E-state index contributed by atoms with van der Waals surface area (Å²) in [5.41, 5.74) is -0.150. The van der Waals surface area contributed by atoms with Crippen molar-refractivity contribution in [3.8, 4) is 0 Å². The molecular weight excluding hydrogens is 478 g/mol. The normalized spacial score (nSPS) is 16.7. The van der Waals surface area contributed by atoms with E-state index in [0.29, 0.717) is 10.9 Å². The Balaban J connectivity index is 1.89. The number of amides is 2. The SMILES string of the molecule is CC(C)C[C@H](NC(=O)CCNC(=O)c1cc(Br)ccc1F)B1OC(=O)[C@@H](CC(=O)O)O1. The largest absolute Gasteiger partial charge is 0.552 e. The van der Waals surface area contributed by atoms with Crippen LogP contribution in [0.15, 0.2) is 22.7 Å². The molecule has 1 aliphatic rings. The molecule has 0 radical (unpaired) electrons. The van der Waals surface area contributed by atoms with Gasteiger partial charge in [0, 0.05) is 17.4 Å². The number of carbonyl (C=O) groups excluding carboxylic acids is 3. The highest BCUT2D eigenvalue weighted by atomic mass is 79.9. The monoisotopic (exact) mass is 500 g/mol. The molecule has 0 aliphatic carbocycles. The Morgan fingerprint density at radius 2 is 2.03 bits per heavy atom. The second-order valence-corrected chi connectivity index (χ2v) is 8.38. The number of nitrogens with one attached hydrogen (secondary N) is 2. The van der Waals surface area contributed by atoms with Crippen LogP contribution in [0.2, 0.25) is 0 Å². The second kappa shape index (κ2) is 11.2. The van der Waals surface area contributed by atoms with E-state index in [1.54, 1.807) is 0 Å². The molecule has 2 rings (SSSR count). The van der Waals surface area contributed by atoms with E-state index in [9.17, 15) is 23.6 Å². The Morgan fingerprint density at radius 3 is 2.68 bits per heavy atom. The first-order chi connectivity index (χ1) is 14.6. The number of rotatable bonds is 10. The summed E-state index contributed by atoms with van der Waals surface area (Å²) in [4.78, 5) is 47.1. The minimum atomic E-state index is -1.23. The lowest BCUT2D eigenvalue weighted by atomic mass is 9.74. The van der Waals surface area contributed by atoms with Crippen molar-refractivity contribution >= 4 is 46.8 Å². The number of hydrogen-bond acceptors (Lipinski definition) is 6. The highest BCUT2D eigenvalue weighted by Crippen LogP contribution is 2.20. The van der Waals surface area contributed by atoms with Crippen molar-refractivity contribution < 1.29 is 38.0 Å². The van der Waals surface area contributed by atoms with E-state index in [4.69, 9.17) is 14.4 Å². The number of carboxylic acid groups (broad SMARTS) is 1. The first-order valence-corrected chi connectivity index (χ1v) is 10.5. The fourth-order valence-corrected chi connectivity index (χ4v) is 3.34. The van der Waals surface area contributed by atoms with Gasteiger partial charge in [-0.2, -0.15) is 0 Å². The number of benzene rings is 1. The summed E-state index contributed by atoms with van der Waals surface area (Å²) >= 11 is 3.17. The maximum Gasteiger partial charge on any atom is 0.552 e. The Hall–Kier alpha value is -2.47. The van der Waals surface area contributed by atoms with E-state index in [1.807, 2.05) is 13.8 Å². The molecule has 1 saturated heterocycles. The molecular formula is C19H23BBrFN2O7. The lowest BCUT2D eigenvalue weighted by molar-refractivity contribution is -0.145. The van der Waals surface area contributed by atoms with Crippen molar-refractivity contribution in [3.63, 3.8) is 0 Å². The van der Waals surface area contributed by atoms with E-state index in [0.717, 1.165) is 6.07 Å². The second-order valence-electron chi connectivity index (χ2n) is 7.46. The van der Waals surface area contributed by atoms with Gasteiger partial charge in [-0.3, -0.25) is 19.2 Å². The van der Waals surface area contributed by atoms with E-state index >= 15 is 0 Å². The van der Waals surface area contributed by atoms with Gasteiger partial charge in [-0.1, -0.05) is 29.8 Å². The minimum Gasteiger partial charge on any atom is -0.506 e. The van der Waals surface area contributed by atoms with Crippen molar-refractivity contribution in [2.45, 2.75) is 45.2 Å². The predicted molar refractivity (Wildman–Crippen MR) is 111 cm³/mol. The van der Waals surface area contributed by atoms with Gasteiger partial charge < -0.3 is 25.0 Å². The fraction of sp³-hybridized carbons (Fsp3) is 0.474. The van der Waals surface area contributed by atoms with Gasteiger partial charge in [0.15, 0.2) is 6.10 Å². The molecule has 0 unspecified atom stereocenters. The van der Waals surface area contributed by atoms with Gasteiger partial charge in [0.1, 0.15) is 5.82 Å². The molecule has 1 aromatic rings. The summed E-state index contributed by atoms with van der Waals surface area (Å²) < 4.78 is 24.8. The minimum absolute atomic E-state index is 0.0437. The summed E-state index contributed by atoms with van der Waals surface area (Å²) in [5.74, 6) is -4.35. The summed E-state index contributed by atoms with van der Waals surface area (Å²) in [6.45, 7) is 3.76. The van der Waals surface area contributed by atoms with Gasteiger partial charge in [-0.15, -0.1) is 0 Å². The molecule has 0 spiro atoms. The summed E-state index contributed by atoms with van der Waals surface area (Å²) in [7, 11) is -1.10. The first-order valence-electron chi connectivity index (χ1n) is 9.67. The van der Waals surface area contributed by atoms with Crippen molar-refractivity contribution in [2.75, 3.05) is 6.54 Å². The number of hydrogen-bond donors (Lipinski definition) is 3. The van der Waals surface area contributed by atoms with Crippen molar-refractivity contribution in [1.29, 1.82) is 0 Å². The van der Waals surface area contributed by atoms with E-state index < -0.39 is 55.2 Å².